The first kappa shape index (κ1) is 20.3. The summed E-state index contributed by atoms with van der Waals surface area (Å²) in [6, 6.07) is 12.2. The molecule has 9 heteroatoms. The standard InChI is InChI=1S/C21H24ClN7O/c1-2-3-10-19-23-17(14-30)20(22)29(19)13-16-8-5-4-7-15(16)12-28-11-6-9-18(28)21-24-26-27-25-21/h4-9,11,30H,2-3,10,12-14H2,1H3,(H,24,25,26,27). The van der Waals surface area contributed by atoms with Crippen molar-refractivity contribution in [3.8, 4) is 11.5 Å². The van der Waals surface area contributed by atoms with Crippen molar-refractivity contribution < 1.29 is 5.11 Å². The van der Waals surface area contributed by atoms with E-state index in [1.165, 1.54) is 5.56 Å². The summed E-state index contributed by atoms with van der Waals surface area (Å²) in [5, 5.41) is 24.3. The van der Waals surface area contributed by atoms with Gasteiger partial charge in [-0.2, -0.15) is 0 Å². The number of aliphatic hydroxyl groups excluding tert-OH is 1. The average molecular weight is 426 g/mol. The highest BCUT2D eigenvalue weighted by molar-refractivity contribution is 6.30. The topological polar surface area (TPSA) is 97.4 Å². The number of unbranched alkanes of at least 4 members (excludes halogenated alkanes) is 1. The molecule has 0 spiro atoms. The fourth-order valence-corrected chi connectivity index (χ4v) is 3.83. The number of imidazole rings is 1. The van der Waals surface area contributed by atoms with Crippen LogP contribution in [0, 0.1) is 0 Å². The zero-order valence-electron chi connectivity index (χ0n) is 16.8. The molecule has 0 aliphatic rings. The van der Waals surface area contributed by atoms with Crippen molar-refractivity contribution in [3.05, 3.63) is 70.4 Å². The van der Waals surface area contributed by atoms with Crippen molar-refractivity contribution in [2.75, 3.05) is 0 Å². The Kier molecular flexibility index (Phi) is 6.25. The molecule has 3 heterocycles. The van der Waals surface area contributed by atoms with Gasteiger partial charge < -0.3 is 14.2 Å². The molecule has 0 fully saturated rings. The van der Waals surface area contributed by atoms with Gasteiger partial charge in [0.2, 0.25) is 0 Å². The van der Waals surface area contributed by atoms with Crippen LogP contribution in [0.4, 0.5) is 0 Å². The number of hydrogen-bond acceptors (Lipinski definition) is 5. The van der Waals surface area contributed by atoms with Crippen LogP contribution in [0.2, 0.25) is 5.15 Å². The Hall–Kier alpha value is -2.97. The van der Waals surface area contributed by atoms with Gasteiger partial charge in [0.1, 0.15) is 16.7 Å². The van der Waals surface area contributed by atoms with Crippen LogP contribution in [0.25, 0.3) is 11.5 Å². The summed E-state index contributed by atoms with van der Waals surface area (Å²) in [5.74, 6) is 1.54. The van der Waals surface area contributed by atoms with Crippen LogP contribution in [0.3, 0.4) is 0 Å². The van der Waals surface area contributed by atoms with Crippen LogP contribution in [0.5, 0.6) is 0 Å². The summed E-state index contributed by atoms with van der Waals surface area (Å²) in [7, 11) is 0. The molecule has 0 bridgehead atoms. The maximum atomic E-state index is 9.61. The first-order chi connectivity index (χ1) is 14.7. The molecule has 0 unspecified atom stereocenters. The largest absolute Gasteiger partial charge is 0.390 e. The Morgan fingerprint density at radius 2 is 1.90 bits per heavy atom. The van der Waals surface area contributed by atoms with E-state index in [0.717, 1.165) is 36.3 Å². The molecule has 1 aromatic carbocycles. The van der Waals surface area contributed by atoms with E-state index in [9.17, 15) is 5.11 Å². The van der Waals surface area contributed by atoms with Gasteiger partial charge in [0.25, 0.3) is 0 Å². The first-order valence-corrected chi connectivity index (χ1v) is 10.4. The number of tetrazole rings is 1. The van der Waals surface area contributed by atoms with Crippen molar-refractivity contribution >= 4 is 11.6 Å². The molecule has 0 aliphatic carbocycles. The van der Waals surface area contributed by atoms with Crippen molar-refractivity contribution in [1.29, 1.82) is 0 Å². The second kappa shape index (κ2) is 9.23. The Labute approximate surface area is 179 Å². The molecule has 0 aliphatic heterocycles. The predicted molar refractivity (Wildman–Crippen MR) is 114 cm³/mol. The van der Waals surface area contributed by atoms with Crippen LogP contribution in [-0.2, 0) is 26.1 Å². The van der Waals surface area contributed by atoms with Gasteiger partial charge in [-0.1, -0.05) is 49.2 Å². The van der Waals surface area contributed by atoms with Crippen molar-refractivity contribution in [3.63, 3.8) is 0 Å². The second-order valence-corrected chi connectivity index (χ2v) is 7.51. The molecular weight excluding hydrogens is 402 g/mol. The lowest BCUT2D eigenvalue weighted by atomic mass is 10.1. The Morgan fingerprint density at radius 1 is 1.10 bits per heavy atom. The summed E-state index contributed by atoms with van der Waals surface area (Å²) in [5.41, 5.74) is 3.76. The number of H-pyrrole nitrogens is 1. The van der Waals surface area contributed by atoms with E-state index in [0.29, 0.717) is 29.8 Å². The fraction of sp³-hybridized carbons (Fsp3) is 0.333. The Morgan fingerprint density at radius 3 is 2.60 bits per heavy atom. The summed E-state index contributed by atoms with van der Waals surface area (Å²) < 4.78 is 4.12. The molecule has 4 aromatic rings. The average Bonchev–Trinajstić information content (AvgIpc) is 3.50. The minimum Gasteiger partial charge on any atom is -0.390 e. The highest BCUT2D eigenvalue weighted by Gasteiger charge is 2.17. The monoisotopic (exact) mass is 425 g/mol. The van der Waals surface area contributed by atoms with E-state index in [-0.39, 0.29) is 6.61 Å². The van der Waals surface area contributed by atoms with E-state index in [1.807, 2.05) is 35.0 Å². The van der Waals surface area contributed by atoms with E-state index in [1.54, 1.807) is 0 Å². The number of rotatable bonds is 9. The fourth-order valence-electron chi connectivity index (χ4n) is 3.57. The van der Waals surface area contributed by atoms with Crippen LogP contribution in [0.15, 0.2) is 42.6 Å². The second-order valence-electron chi connectivity index (χ2n) is 7.15. The molecule has 0 saturated carbocycles. The molecule has 2 N–H and O–H groups in total. The van der Waals surface area contributed by atoms with Crippen molar-refractivity contribution in [2.45, 2.75) is 45.9 Å². The molecule has 8 nitrogen and oxygen atoms in total. The maximum absolute atomic E-state index is 9.61. The molecule has 30 heavy (non-hydrogen) atoms. The summed E-state index contributed by atoms with van der Waals surface area (Å²) in [6.07, 6.45) is 4.94. The maximum Gasteiger partial charge on any atom is 0.196 e. The molecule has 0 atom stereocenters. The molecular formula is C21H24ClN7O. The van der Waals surface area contributed by atoms with Gasteiger partial charge in [-0.25, -0.2) is 10.1 Å². The number of aromatic nitrogens is 7. The Bertz CT molecular complexity index is 1100. The van der Waals surface area contributed by atoms with Crippen LogP contribution < -0.4 is 0 Å². The van der Waals surface area contributed by atoms with Crippen molar-refractivity contribution in [1.82, 2.24) is 34.7 Å². The quantitative estimate of drug-likeness (QED) is 0.428. The third kappa shape index (κ3) is 4.15. The lowest BCUT2D eigenvalue weighted by molar-refractivity contribution is 0.277. The number of hydrogen-bond donors (Lipinski definition) is 2. The summed E-state index contributed by atoms with van der Waals surface area (Å²) >= 11 is 6.56. The molecule has 156 valence electrons. The van der Waals surface area contributed by atoms with E-state index in [4.69, 9.17) is 11.6 Å². The van der Waals surface area contributed by atoms with Gasteiger partial charge in [-0.3, -0.25) is 0 Å². The number of nitrogens with zero attached hydrogens (tertiary/aromatic N) is 6. The lowest BCUT2D eigenvalue weighted by Gasteiger charge is -2.15. The third-order valence-corrected chi connectivity index (χ3v) is 5.58. The number of benzene rings is 1. The number of aromatic amines is 1. The van der Waals surface area contributed by atoms with Gasteiger partial charge >= 0.3 is 0 Å². The van der Waals surface area contributed by atoms with E-state index >= 15 is 0 Å². The van der Waals surface area contributed by atoms with Gasteiger partial charge in [0.05, 0.1) is 18.8 Å². The van der Waals surface area contributed by atoms with Crippen LogP contribution >= 0.6 is 11.6 Å². The molecule has 4 rings (SSSR count). The lowest BCUT2D eigenvalue weighted by Crippen LogP contribution is -2.10. The number of halogens is 1. The van der Waals surface area contributed by atoms with E-state index in [2.05, 4.69) is 49.2 Å². The van der Waals surface area contributed by atoms with Gasteiger partial charge in [0, 0.05) is 19.2 Å². The highest BCUT2D eigenvalue weighted by Crippen LogP contribution is 2.24. The third-order valence-electron chi connectivity index (χ3n) is 5.16. The number of aryl methyl sites for hydroxylation is 1. The van der Waals surface area contributed by atoms with Gasteiger partial charge in [0.15, 0.2) is 5.82 Å². The zero-order valence-corrected chi connectivity index (χ0v) is 17.5. The molecule has 3 aromatic heterocycles. The Balaban J connectivity index is 1.64. The number of nitrogens with one attached hydrogen (secondary N) is 1. The number of aliphatic hydroxyl groups is 1. The first-order valence-electron chi connectivity index (χ1n) is 10.0. The minimum absolute atomic E-state index is 0.162. The molecule has 0 saturated heterocycles. The molecule has 0 amide bonds. The van der Waals surface area contributed by atoms with Crippen LogP contribution in [0.1, 0.15) is 42.4 Å². The smallest absolute Gasteiger partial charge is 0.196 e. The summed E-state index contributed by atoms with van der Waals surface area (Å²) in [4.78, 5) is 4.56. The predicted octanol–water partition coefficient (Wildman–Crippen LogP) is 3.45. The van der Waals surface area contributed by atoms with Crippen molar-refractivity contribution in [2.24, 2.45) is 0 Å². The zero-order chi connectivity index (χ0) is 20.9. The summed E-state index contributed by atoms with van der Waals surface area (Å²) in [6.45, 7) is 3.25. The van der Waals surface area contributed by atoms with Gasteiger partial charge in [-0.15, -0.1) is 5.10 Å². The normalized spacial score (nSPS) is 11.3. The minimum atomic E-state index is -0.162. The van der Waals surface area contributed by atoms with E-state index < -0.39 is 0 Å². The highest BCUT2D eigenvalue weighted by atomic mass is 35.5. The van der Waals surface area contributed by atoms with Crippen LogP contribution in [-0.4, -0.2) is 39.8 Å². The molecule has 0 radical (unpaired) electrons. The SMILES string of the molecule is CCCCc1nc(CO)c(Cl)n1Cc1ccccc1Cn1cccc1-c1nnn[nH]1. The van der Waals surface area contributed by atoms with Gasteiger partial charge in [-0.05, 0) is 40.1 Å².